The first-order valence-electron chi connectivity index (χ1n) is 6.81. The van der Waals surface area contributed by atoms with Crippen LogP contribution >= 0.6 is 0 Å². The standard InChI is InChI=1S/C16H14F3NO3/c1-3-22-15-9-12(5-6-13(15)20-21)23-14-7-4-11(8-10(14)2)16(17,18)19/h4-9H,3H2,1-2H3. The molecule has 0 aromatic heterocycles. The second-order valence-electron chi connectivity index (χ2n) is 4.73. The van der Waals surface area contributed by atoms with Crippen molar-refractivity contribution in [3.63, 3.8) is 0 Å². The van der Waals surface area contributed by atoms with Gasteiger partial charge in [0.1, 0.15) is 17.2 Å². The van der Waals surface area contributed by atoms with Crippen molar-refractivity contribution >= 4 is 5.69 Å². The average Bonchev–Trinajstić information content (AvgIpc) is 2.49. The zero-order chi connectivity index (χ0) is 17.0. The average molecular weight is 325 g/mol. The Labute approximate surface area is 130 Å². The predicted molar refractivity (Wildman–Crippen MR) is 79.3 cm³/mol. The van der Waals surface area contributed by atoms with E-state index in [4.69, 9.17) is 9.47 Å². The molecule has 0 amide bonds. The lowest BCUT2D eigenvalue weighted by molar-refractivity contribution is -0.137. The van der Waals surface area contributed by atoms with Crippen molar-refractivity contribution in [2.24, 2.45) is 5.18 Å². The summed E-state index contributed by atoms with van der Waals surface area (Å²) in [5.41, 5.74) is -0.267. The molecule has 0 heterocycles. The van der Waals surface area contributed by atoms with Crippen molar-refractivity contribution < 1.29 is 22.6 Å². The molecule has 0 saturated carbocycles. The maximum atomic E-state index is 12.7. The number of hydrogen-bond acceptors (Lipinski definition) is 4. The molecule has 0 radical (unpaired) electrons. The van der Waals surface area contributed by atoms with Crippen molar-refractivity contribution in [2.75, 3.05) is 6.61 Å². The summed E-state index contributed by atoms with van der Waals surface area (Å²) in [4.78, 5) is 10.7. The second kappa shape index (κ2) is 6.68. The zero-order valence-electron chi connectivity index (χ0n) is 12.5. The molecule has 2 aromatic rings. The van der Waals surface area contributed by atoms with E-state index in [1.54, 1.807) is 6.92 Å². The van der Waals surface area contributed by atoms with Crippen LogP contribution in [0.25, 0.3) is 0 Å². The zero-order valence-corrected chi connectivity index (χ0v) is 12.5. The van der Waals surface area contributed by atoms with E-state index < -0.39 is 11.7 Å². The molecule has 2 aromatic carbocycles. The SMILES string of the molecule is CCOc1cc(Oc2ccc(C(F)(F)F)cc2C)ccc1N=O. The Morgan fingerprint density at radius 1 is 1.09 bits per heavy atom. The molecule has 0 aliphatic carbocycles. The summed E-state index contributed by atoms with van der Waals surface area (Å²) in [6.07, 6.45) is -4.40. The number of halogens is 3. The van der Waals surface area contributed by atoms with Gasteiger partial charge in [0.05, 0.1) is 12.2 Å². The summed E-state index contributed by atoms with van der Waals surface area (Å²) in [6, 6.07) is 7.61. The monoisotopic (exact) mass is 325 g/mol. The van der Waals surface area contributed by atoms with Crippen LogP contribution in [0.15, 0.2) is 41.6 Å². The number of rotatable bonds is 5. The third-order valence-corrected chi connectivity index (χ3v) is 3.06. The van der Waals surface area contributed by atoms with Gasteiger partial charge in [-0.2, -0.15) is 13.2 Å². The van der Waals surface area contributed by atoms with Crippen molar-refractivity contribution in [2.45, 2.75) is 20.0 Å². The van der Waals surface area contributed by atoms with Crippen LogP contribution in [0.4, 0.5) is 18.9 Å². The second-order valence-corrected chi connectivity index (χ2v) is 4.73. The van der Waals surface area contributed by atoms with Gasteiger partial charge in [0.2, 0.25) is 0 Å². The quantitative estimate of drug-likeness (QED) is 0.672. The number of aryl methyl sites for hydroxylation is 1. The lowest BCUT2D eigenvalue weighted by Crippen LogP contribution is -2.05. The number of alkyl halides is 3. The topological polar surface area (TPSA) is 47.9 Å². The molecule has 0 bridgehead atoms. The molecule has 0 atom stereocenters. The van der Waals surface area contributed by atoms with E-state index in [1.165, 1.54) is 31.2 Å². The molecule has 0 aliphatic rings. The van der Waals surface area contributed by atoms with Crippen LogP contribution in [0.2, 0.25) is 0 Å². The number of nitrogens with zero attached hydrogens (tertiary/aromatic N) is 1. The van der Waals surface area contributed by atoms with Gasteiger partial charge in [-0.05, 0) is 54.9 Å². The molecule has 0 N–H and O–H groups in total. The van der Waals surface area contributed by atoms with Gasteiger partial charge in [-0.25, -0.2) is 0 Å². The fourth-order valence-corrected chi connectivity index (χ4v) is 1.97. The number of hydrogen-bond donors (Lipinski definition) is 0. The van der Waals surface area contributed by atoms with Crippen LogP contribution < -0.4 is 9.47 Å². The van der Waals surface area contributed by atoms with Crippen LogP contribution in [0.1, 0.15) is 18.1 Å². The Balaban J connectivity index is 2.29. The van der Waals surface area contributed by atoms with Crippen LogP contribution in [-0.2, 0) is 6.18 Å². The Morgan fingerprint density at radius 2 is 1.83 bits per heavy atom. The van der Waals surface area contributed by atoms with E-state index in [9.17, 15) is 18.1 Å². The maximum absolute atomic E-state index is 12.7. The van der Waals surface area contributed by atoms with E-state index in [0.717, 1.165) is 12.1 Å². The third kappa shape index (κ3) is 4.00. The fraction of sp³-hybridized carbons (Fsp3) is 0.250. The molecular formula is C16H14F3NO3. The van der Waals surface area contributed by atoms with Crippen LogP contribution in [0.3, 0.4) is 0 Å². The first kappa shape index (κ1) is 16.8. The molecule has 0 unspecified atom stereocenters. The maximum Gasteiger partial charge on any atom is 0.416 e. The summed E-state index contributed by atoms with van der Waals surface area (Å²) in [7, 11) is 0. The highest BCUT2D eigenvalue weighted by Gasteiger charge is 2.30. The first-order valence-corrected chi connectivity index (χ1v) is 6.81. The van der Waals surface area contributed by atoms with Gasteiger partial charge < -0.3 is 9.47 Å². The molecule has 2 rings (SSSR count). The molecule has 4 nitrogen and oxygen atoms in total. The minimum absolute atomic E-state index is 0.128. The number of ether oxygens (including phenoxy) is 2. The minimum atomic E-state index is -4.40. The third-order valence-electron chi connectivity index (χ3n) is 3.06. The highest BCUT2D eigenvalue weighted by molar-refractivity contribution is 5.55. The Morgan fingerprint density at radius 3 is 2.39 bits per heavy atom. The lowest BCUT2D eigenvalue weighted by Gasteiger charge is -2.13. The van der Waals surface area contributed by atoms with Gasteiger partial charge in [-0.3, -0.25) is 0 Å². The van der Waals surface area contributed by atoms with Gasteiger partial charge in [0, 0.05) is 6.07 Å². The predicted octanol–water partition coefficient (Wildman–Crippen LogP) is 5.60. The molecule has 0 fully saturated rings. The summed E-state index contributed by atoms with van der Waals surface area (Å²) < 4.78 is 48.8. The molecule has 23 heavy (non-hydrogen) atoms. The van der Waals surface area contributed by atoms with E-state index >= 15 is 0 Å². The van der Waals surface area contributed by atoms with Crippen LogP contribution in [0.5, 0.6) is 17.2 Å². The van der Waals surface area contributed by atoms with Crippen LogP contribution in [-0.4, -0.2) is 6.61 Å². The molecule has 122 valence electrons. The first-order chi connectivity index (χ1) is 10.8. The molecule has 7 heteroatoms. The van der Waals surface area contributed by atoms with E-state index in [2.05, 4.69) is 5.18 Å². The highest BCUT2D eigenvalue weighted by Crippen LogP contribution is 2.36. The van der Waals surface area contributed by atoms with Crippen LogP contribution in [0, 0.1) is 11.8 Å². The Kier molecular flexibility index (Phi) is 4.88. The van der Waals surface area contributed by atoms with Crippen molar-refractivity contribution in [1.82, 2.24) is 0 Å². The van der Waals surface area contributed by atoms with Gasteiger partial charge in [0.25, 0.3) is 0 Å². The molecule has 0 aliphatic heterocycles. The van der Waals surface area contributed by atoms with Gasteiger partial charge in [-0.15, -0.1) is 4.91 Å². The van der Waals surface area contributed by atoms with Crippen molar-refractivity contribution in [3.8, 4) is 17.2 Å². The molecule has 0 saturated heterocycles. The van der Waals surface area contributed by atoms with Gasteiger partial charge >= 0.3 is 6.18 Å². The molecular weight excluding hydrogens is 311 g/mol. The van der Waals surface area contributed by atoms with Crippen molar-refractivity contribution in [3.05, 3.63) is 52.4 Å². The van der Waals surface area contributed by atoms with Crippen molar-refractivity contribution in [1.29, 1.82) is 0 Å². The largest absolute Gasteiger partial charge is 0.491 e. The number of nitroso groups, excluding NO2 is 1. The summed E-state index contributed by atoms with van der Waals surface area (Å²) in [6.45, 7) is 3.61. The summed E-state index contributed by atoms with van der Waals surface area (Å²) in [5.74, 6) is 0.875. The Hall–Kier alpha value is -2.57. The fourth-order valence-electron chi connectivity index (χ4n) is 1.97. The Bertz CT molecular complexity index is 714. The smallest absolute Gasteiger partial charge is 0.416 e. The number of benzene rings is 2. The normalized spacial score (nSPS) is 11.2. The summed E-state index contributed by atoms with van der Waals surface area (Å²) in [5, 5.41) is 2.84. The van der Waals surface area contributed by atoms with E-state index in [1.807, 2.05) is 0 Å². The van der Waals surface area contributed by atoms with E-state index in [0.29, 0.717) is 17.9 Å². The summed E-state index contributed by atoms with van der Waals surface area (Å²) >= 11 is 0. The van der Waals surface area contributed by atoms with Gasteiger partial charge in [0.15, 0.2) is 5.75 Å². The minimum Gasteiger partial charge on any atom is -0.491 e. The highest BCUT2D eigenvalue weighted by atomic mass is 19.4. The van der Waals surface area contributed by atoms with Gasteiger partial charge in [-0.1, -0.05) is 0 Å². The lowest BCUT2D eigenvalue weighted by atomic mass is 10.1. The van der Waals surface area contributed by atoms with E-state index in [-0.39, 0.29) is 17.2 Å². The molecule has 0 spiro atoms.